The molecule has 6 nitrogen and oxygen atoms in total. The number of rotatable bonds is 3. The lowest BCUT2D eigenvalue weighted by Gasteiger charge is -2.20. The van der Waals surface area contributed by atoms with Gasteiger partial charge in [0, 0.05) is 21.2 Å². The van der Waals surface area contributed by atoms with E-state index in [0.29, 0.717) is 46.1 Å². The average molecular weight is 507 g/mol. The highest BCUT2D eigenvalue weighted by atomic mass is 79.9. The van der Waals surface area contributed by atoms with E-state index in [-0.39, 0.29) is 18.3 Å². The van der Waals surface area contributed by atoms with Crippen LogP contribution < -0.4 is 14.2 Å². The summed E-state index contributed by atoms with van der Waals surface area (Å²) in [5.41, 5.74) is 4.00. The third-order valence-electron chi connectivity index (χ3n) is 5.48. The van der Waals surface area contributed by atoms with Gasteiger partial charge in [0.25, 0.3) is 0 Å². The van der Waals surface area contributed by atoms with Crippen LogP contribution in [-0.4, -0.2) is 18.5 Å². The molecule has 0 aliphatic carbocycles. The molecule has 0 saturated carbocycles. The van der Waals surface area contributed by atoms with E-state index in [0.717, 1.165) is 15.6 Å². The van der Waals surface area contributed by atoms with Crippen LogP contribution >= 0.6 is 15.9 Å². The molecule has 0 spiro atoms. The molecule has 0 bridgehead atoms. The Labute approximate surface area is 198 Å². The molecule has 3 aromatic carbocycles. The third-order valence-corrected chi connectivity index (χ3v) is 5.94. The van der Waals surface area contributed by atoms with Gasteiger partial charge in [-0.05, 0) is 56.3 Å². The van der Waals surface area contributed by atoms with Crippen LogP contribution in [0.4, 0.5) is 0 Å². The van der Waals surface area contributed by atoms with E-state index in [1.54, 1.807) is 43.3 Å². The van der Waals surface area contributed by atoms with Crippen molar-refractivity contribution in [1.82, 2.24) is 0 Å². The Bertz CT molecular complexity index is 1340. The summed E-state index contributed by atoms with van der Waals surface area (Å²) in [4.78, 5) is 25.6. The molecule has 0 saturated heterocycles. The van der Waals surface area contributed by atoms with Gasteiger partial charge in [0.05, 0.1) is 17.7 Å². The molecule has 0 fully saturated rings. The maximum absolute atomic E-state index is 13.0. The molecule has 0 aromatic heterocycles. The molecular weight excluding hydrogens is 488 g/mol. The van der Waals surface area contributed by atoms with E-state index >= 15 is 0 Å². The second kappa shape index (κ2) is 8.50. The van der Waals surface area contributed by atoms with E-state index in [4.69, 9.17) is 18.9 Å². The summed E-state index contributed by atoms with van der Waals surface area (Å²) < 4.78 is 23.4. The van der Waals surface area contributed by atoms with Crippen LogP contribution in [0.3, 0.4) is 0 Å². The maximum Gasteiger partial charge on any atom is 0.343 e. The Morgan fingerprint density at radius 3 is 2.76 bits per heavy atom. The summed E-state index contributed by atoms with van der Waals surface area (Å²) >= 11 is 3.49. The highest BCUT2D eigenvalue weighted by Crippen LogP contribution is 2.41. The fourth-order valence-electron chi connectivity index (χ4n) is 3.87. The molecule has 2 aliphatic rings. The lowest BCUT2D eigenvalue weighted by molar-refractivity contribution is -0.0165. The molecule has 2 heterocycles. The van der Waals surface area contributed by atoms with Crippen LogP contribution in [-0.2, 0) is 11.3 Å². The third kappa shape index (κ3) is 4.05. The normalized spacial score (nSPS) is 15.5. The van der Waals surface area contributed by atoms with Gasteiger partial charge >= 0.3 is 5.97 Å². The zero-order valence-electron chi connectivity index (χ0n) is 17.9. The summed E-state index contributed by atoms with van der Waals surface area (Å²) in [5, 5.41) is 0. The quantitative estimate of drug-likeness (QED) is 0.255. The average Bonchev–Trinajstić information content (AvgIpc) is 3.11. The van der Waals surface area contributed by atoms with Crippen molar-refractivity contribution < 1.29 is 28.5 Å². The van der Waals surface area contributed by atoms with Crippen molar-refractivity contribution in [2.24, 2.45) is 0 Å². The van der Waals surface area contributed by atoms with Crippen molar-refractivity contribution in [2.75, 3.05) is 6.79 Å². The summed E-state index contributed by atoms with van der Waals surface area (Å²) in [6.07, 6.45) is 1.66. The SMILES string of the molecule is Cc1cccc(C(=O)Oc2ccc3c(c2C)O/C(=C\c2cc(Br)cc4c2OCOC4)C3=O)c1. The highest BCUT2D eigenvalue weighted by molar-refractivity contribution is 9.10. The van der Waals surface area contributed by atoms with Gasteiger partial charge in [0.1, 0.15) is 17.2 Å². The molecule has 2 aliphatic heterocycles. The number of aryl methyl sites for hydroxylation is 1. The van der Waals surface area contributed by atoms with Crippen LogP contribution in [0, 0.1) is 13.8 Å². The number of benzene rings is 3. The van der Waals surface area contributed by atoms with Crippen molar-refractivity contribution in [3.05, 3.63) is 92.1 Å². The minimum absolute atomic E-state index is 0.147. The molecule has 0 atom stereocenters. The second-order valence-electron chi connectivity index (χ2n) is 7.86. The first-order valence-corrected chi connectivity index (χ1v) is 11.1. The summed E-state index contributed by atoms with van der Waals surface area (Å²) in [7, 11) is 0. The van der Waals surface area contributed by atoms with Gasteiger partial charge in [0.2, 0.25) is 5.78 Å². The topological polar surface area (TPSA) is 71.1 Å². The number of allylic oxidation sites excluding steroid dienone is 1. The minimum atomic E-state index is -0.470. The molecule has 0 amide bonds. The number of halogens is 1. The lowest BCUT2D eigenvalue weighted by Crippen LogP contribution is -2.12. The number of fused-ring (bicyclic) bond motifs is 2. The number of hydrogen-bond acceptors (Lipinski definition) is 6. The number of hydrogen-bond donors (Lipinski definition) is 0. The van der Waals surface area contributed by atoms with Gasteiger partial charge in [-0.15, -0.1) is 0 Å². The Kier molecular flexibility index (Phi) is 5.52. The monoisotopic (exact) mass is 506 g/mol. The summed E-state index contributed by atoms with van der Waals surface area (Å²) in [5.74, 6) is 0.843. The minimum Gasteiger partial charge on any atom is -0.467 e. The zero-order valence-corrected chi connectivity index (χ0v) is 19.5. The van der Waals surface area contributed by atoms with Crippen LogP contribution in [0.5, 0.6) is 17.2 Å². The molecule has 166 valence electrons. The van der Waals surface area contributed by atoms with Gasteiger partial charge in [-0.1, -0.05) is 33.6 Å². The number of carbonyl (C=O) groups is 2. The fraction of sp³-hybridized carbons (Fsp3) is 0.154. The maximum atomic E-state index is 13.0. The van der Waals surface area contributed by atoms with E-state index < -0.39 is 5.97 Å². The molecule has 3 aromatic rings. The predicted molar refractivity (Wildman–Crippen MR) is 125 cm³/mol. The molecule has 7 heteroatoms. The summed E-state index contributed by atoms with van der Waals surface area (Å²) in [6.45, 7) is 4.24. The van der Waals surface area contributed by atoms with E-state index in [1.807, 2.05) is 25.1 Å². The van der Waals surface area contributed by atoms with Crippen LogP contribution in [0.25, 0.3) is 6.08 Å². The van der Waals surface area contributed by atoms with Crippen molar-refractivity contribution in [3.8, 4) is 17.2 Å². The van der Waals surface area contributed by atoms with E-state index in [2.05, 4.69) is 15.9 Å². The van der Waals surface area contributed by atoms with Crippen molar-refractivity contribution >= 4 is 33.8 Å². The van der Waals surface area contributed by atoms with Gasteiger partial charge in [0.15, 0.2) is 12.6 Å². The number of carbonyl (C=O) groups excluding carboxylic acids is 2. The standard InChI is InChI=1S/C26H19BrO6/c1-14-4-3-5-16(8-14)26(29)33-21-7-6-20-23(28)22(32-24(20)15(21)2)11-17-9-19(27)10-18-12-30-13-31-25(17)18/h3-11H,12-13H2,1-2H3/b22-11-. The van der Waals surface area contributed by atoms with E-state index in [1.165, 1.54) is 0 Å². The molecule has 5 rings (SSSR count). The fourth-order valence-corrected chi connectivity index (χ4v) is 4.39. The highest BCUT2D eigenvalue weighted by Gasteiger charge is 2.31. The van der Waals surface area contributed by atoms with Gasteiger partial charge in [-0.3, -0.25) is 4.79 Å². The number of ketones is 1. The predicted octanol–water partition coefficient (Wildman–Crippen LogP) is 5.77. The van der Waals surface area contributed by atoms with Gasteiger partial charge in [-0.25, -0.2) is 4.79 Å². The number of Topliss-reactive ketones (excluding diaryl/α,β-unsaturated/α-hetero) is 1. The molecular formula is C26H19BrO6. The number of ether oxygens (including phenoxy) is 4. The first kappa shape index (κ1) is 21.4. The van der Waals surface area contributed by atoms with Crippen LogP contribution in [0.15, 0.2) is 58.8 Å². The molecule has 0 unspecified atom stereocenters. The Morgan fingerprint density at radius 2 is 1.94 bits per heavy atom. The number of esters is 1. The summed E-state index contributed by atoms with van der Waals surface area (Å²) in [6, 6.07) is 14.2. The first-order chi connectivity index (χ1) is 15.9. The van der Waals surface area contributed by atoms with Crippen LogP contribution in [0.1, 0.15) is 43.0 Å². The van der Waals surface area contributed by atoms with Crippen LogP contribution in [0.2, 0.25) is 0 Å². The van der Waals surface area contributed by atoms with Crippen molar-refractivity contribution in [1.29, 1.82) is 0 Å². The largest absolute Gasteiger partial charge is 0.467 e. The molecule has 0 radical (unpaired) electrons. The molecule has 33 heavy (non-hydrogen) atoms. The van der Waals surface area contributed by atoms with Gasteiger partial charge < -0.3 is 18.9 Å². The molecule has 0 N–H and O–H groups in total. The first-order valence-electron chi connectivity index (χ1n) is 10.3. The van der Waals surface area contributed by atoms with Crippen molar-refractivity contribution in [2.45, 2.75) is 20.5 Å². The Hall–Kier alpha value is -3.42. The Morgan fingerprint density at radius 1 is 1.09 bits per heavy atom. The van der Waals surface area contributed by atoms with Crippen molar-refractivity contribution in [3.63, 3.8) is 0 Å². The van der Waals surface area contributed by atoms with E-state index in [9.17, 15) is 9.59 Å². The zero-order chi connectivity index (χ0) is 23.1. The lowest BCUT2D eigenvalue weighted by atomic mass is 10.0. The Balaban J connectivity index is 1.45. The van der Waals surface area contributed by atoms with Gasteiger partial charge in [-0.2, -0.15) is 0 Å². The smallest absolute Gasteiger partial charge is 0.343 e. The second-order valence-corrected chi connectivity index (χ2v) is 8.77.